The zero-order valence-corrected chi connectivity index (χ0v) is 16.9. The first-order valence-electron chi connectivity index (χ1n) is 7.86. The molecule has 1 heterocycles. The smallest absolute Gasteiger partial charge is 0.310 e. The van der Waals surface area contributed by atoms with Gasteiger partial charge in [0, 0.05) is 18.2 Å². The molecule has 7 heteroatoms. The predicted molar refractivity (Wildman–Crippen MR) is 99.7 cm³/mol. The van der Waals surface area contributed by atoms with Crippen molar-refractivity contribution in [1.82, 2.24) is 0 Å². The van der Waals surface area contributed by atoms with Gasteiger partial charge >= 0.3 is 5.97 Å². The van der Waals surface area contributed by atoms with Crippen LogP contribution in [-0.4, -0.2) is 27.3 Å². The van der Waals surface area contributed by atoms with Crippen LogP contribution in [0.2, 0.25) is 0 Å². The molecule has 1 aromatic rings. The number of nitriles is 1. The van der Waals surface area contributed by atoms with Crippen molar-refractivity contribution >= 4 is 38.8 Å². The van der Waals surface area contributed by atoms with Crippen LogP contribution in [0.25, 0.3) is 0 Å². The molecular formula is C18H20BrNO4S. The van der Waals surface area contributed by atoms with Gasteiger partial charge in [-0.3, -0.25) is 9.59 Å². The molecular weight excluding hydrogens is 406 g/mol. The molecule has 25 heavy (non-hydrogen) atoms. The van der Waals surface area contributed by atoms with Gasteiger partial charge in [-0.2, -0.15) is 5.26 Å². The molecule has 2 rings (SSSR count). The van der Waals surface area contributed by atoms with E-state index in [9.17, 15) is 9.59 Å². The Morgan fingerprint density at radius 3 is 2.76 bits per heavy atom. The van der Waals surface area contributed by atoms with Gasteiger partial charge in [-0.1, -0.05) is 34.6 Å². The average Bonchev–Trinajstić information content (AvgIpc) is 2.55. The normalized spacial score (nSPS) is 22.1. The third-order valence-corrected chi connectivity index (χ3v) is 6.59. The van der Waals surface area contributed by atoms with Crippen LogP contribution in [0.5, 0.6) is 5.75 Å². The van der Waals surface area contributed by atoms with Crippen molar-refractivity contribution in [3.8, 4) is 11.8 Å². The zero-order chi connectivity index (χ0) is 18.8. The summed E-state index contributed by atoms with van der Waals surface area (Å²) in [6.07, 6.45) is -0.579. The zero-order valence-electron chi connectivity index (χ0n) is 14.5. The summed E-state index contributed by atoms with van der Waals surface area (Å²) in [6.45, 7) is 7.02. The monoisotopic (exact) mass is 425 g/mol. The number of benzene rings is 1. The van der Waals surface area contributed by atoms with E-state index in [0.717, 1.165) is 11.8 Å². The minimum Gasteiger partial charge on any atom is -0.486 e. The molecule has 1 aliphatic rings. The number of rotatable bonds is 4. The second kappa shape index (κ2) is 7.79. The number of fused-ring (bicyclic) bond motifs is 1. The Hall–Kier alpha value is -1.52. The molecule has 0 fully saturated rings. The molecule has 0 aliphatic carbocycles. The molecule has 0 bridgehead atoms. The number of carbonyl (C=O) groups is 2. The van der Waals surface area contributed by atoms with Gasteiger partial charge in [0.05, 0.1) is 22.4 Å². The average molecular weight is 426 g/mol. The Kier molecular flexibility index (Phi) is 6.17. The Bertz CT molecular complexity index is 728. The van der Waals surface area contributed by atoms with E-state index in [2.05, 4.69) is 22.0 Å². The van der Waals surface area contributed by atoms with Gasteiger partial charge in [-0.05, 0) is 32.0 Å². The van der Waals surface area contributed by atoms with E-state index >= 15 is 0 Å². The molecule has 5 nitrogen and oxygen atoms in total. The van der Waals surface area contributed by atoms with Crippen LogP contribution in [0.1, 0.15) is 44.9 Å². The number of hydrogen-bond acceptors (Lipinski definition) is 6. The van der Waals surface area contributed by atoms with Gasteiger partial charge in [0.2, 0.25) is 0 Å². The fourth-order valence-electron chi connectivity index (χ4n) is 2.47. The number of halogens is 1. The summed E-state index contributed by atoms with van der Waals surface area (Å²) in [5.41, 5.74) is 0.548. The lowest BCUT2D eigenvalue weighted by Crippen LogP contribution is -2.47. The van der Waals surface area contributed by atoms with Crippen molar-refractivity contribution in [1.29, 1.82) is 5.26 Å². The number of nitrogens with zero attached hydrogens (tertiary/aromatic N) is 1. The summed E-state index contributed by atoms with van der Waals surface area (Å²) in [5, 5.41) is 9.11. The van der Waals surface area contributed by atoms with Crippen molar-refractivity contribution in [3.05, 3.63) is 29.3 Å². The lowest BCUT2D eigenvalue weighted by Gasteiger charge is -2.41. The lowest BCUT2D eigenvalue weighted by molar-refractivity contribution is -0.156. The molecule has 1 aliphatic heterocycles. The maximum absolute atomic E-state index is 12.5. The van der Waals surface area contributed by atoms with Gasteiger partial charge in [0.1, 0.15) is 17.5 Å². The summed E-state index contributed by atoms with van der Waals surface area (Å²) in [6, 6.07) is 7.18. The van der Waals surface area contributed by atoms with E-state index < -0.39 is 17.6 Å². The topological polar surface area (TPSA) is 76.4 Å². The van der Waals surface area contributed by atoms with Crippen molar-refractivity contribution in [2.75, 3.05) is 5.75 Å². The van der Waals surface area contributed by atoms with Crippen molar-refractivity contribution in [2.45, 2.75) is 44.2 Å². The van der Waals surface area contributed by atoms with Gasteiger partial charge in [0.15, 0.2) is 5.12 Å². The van der Waals surface area contributed by atoms with E-state index in [-0.39, 0.29) is 15.9 Å². The molecule has 0 saturated heterocycles. The molecule has 0 saturated carbocycles. The number of esters is 1. The maximum atomic E-state index is 12.5. The van der Waals surface area contributed by atoms with Crippen LogP contribution in [0.3, 0.4) is 0 Å². The highest BCUT2D eigenvalue weighted by atomic mass is 79.9. The highest BCUT2D eigenvalue weighted by Crippen LogP contribution is 2.45. The summed E-state index contributed by atoms with van der Waals surface area (Å²) in [7, 11) is 0. The van der Waals surface area contributed by atoms with E-state index in [4.69, 9.17) is 14.7 Å². The Morgan fingerprint density at radius 1 is 1.48 bits per heavy atom. The standard InChI is InChI=1S/C18H20BrNO4S/c1-10(9-25-11(2)21)17(22)23-15-13-7-12(8-20)5-6-14(13)24-18(3,4)16(15)19/h5-7,10,15-16H,9H2,1-4H3/t10-,15+,16-/m1/s1. The number of hydrogen-bond donors (Lipinski definition) is 0. The highest BCUT2D eigenvalue weighted by molar-refractivity contribution is 9.09. The molecule has 0 unspecified atom stereocenters. The van der Waals surface area contributed by atoms with E-state index in [1.165, 1.54) is 6.92 Å². The van der Waals surface area contributed by atoms with Gasteiger partial charge in [0.25, 0.3) is 0 Å². The largest absolute Gasteiger partial charge is 0.486 e. The Labute approximate surface area is 160 Å². The molecule has 0 radical (unpaired) electrons. The summed E-state index contributed by atoms with van der Waals surface area (Å²) in [4.78, 5) is 23.3. The molecule has 0 aromatic heterocycles. The van der Waals surface area contributed by atoms with Crippen LogP contribution >= 0.6 is 27.7 Å². The Morgan fingerprint density at radius 2 is 2.16 bits per heavy atom. The second-order valence-corrected chi connectivity index (χ2v) is 8.72. The highest BCUT2D eigenvalue weighted by Gasteiger charge is 2.45. The first-order chi connectivity index (χ1) is 11.7. The number of thioether (sulfide) groups is 1. The molecule has 0 N–H and O–H groups in total. The molecule has 1 aromatic carbocycles. The first-order valence-corrected chi connectivity index (χ1v) is 9.77. The minimum absolute atomic E-state index is 0.0331. The fraction of sp³-hybridized carbons (Fsp3) is 0.500. The molecule has 0 spiro atoms. The predicted octanol–water partition coefficient (Wildman–Crippen LogP) is 3.99. The molecule has 3 atom stereocenters. The minimum atomic E-state index is -0.594. The summed E-state index contributed by atoms with van der Waals surface area (Å²) in [5.74, 6) is 0.179. The van der Waals surface area contributed by atoms with Crippen molar-refractivity contribution in [3.63, 3.8) is 0 Å². The fourth-order valence-corrected chi connectivity index (χ4v) is 3.58. The summed E-state index contributed by atoms with van der Waals surface area (Å²) < 4.78 is 11.7. The third kappa shape index (κ3) is 4.56. The Balaban J connectivity index is 2.27. The number of alkyl halides is 1. The summed E-state index contributed by atoms with van der Waals surface area (Å²) >= 11 is 4.69. The van der Waals surface area contributed by atoms with Crippen LogP contribution < -0.4 is 4.74 Å². The van der Waals surface area contributed by atoms with E-state index in [1.54, 1.807) is 25.1 Å². The first kappa shape index (κ1) is 19.8. The number of ether oxygens (including phenoxy) is 2. The molecule has 134 valence electrons. The van der Waals surface area contributed by atoms with Crippen LogP contribution in [0.15, 0.2) is 18.2 Å². The van der Waals surface area contributed by atoms with E-state index in [0.29, 0.717) is 22.6 Å². The van der Waals surface area contributed by atoms with Crippen LogP contribution in [-0.2, 0) is 14.3 Å². The maximum Gasteiger partial charge on any atom is 0.310 e. The lowest BCUT2D eigenvalue weighted by atomic mass is 9.90. The van der Waals surface area contributed by atoms with Gasteiger partial charge in [-0.25, -0.2) is 0 Å². The van der Waals surface area contributed by atoms with E-state index in [1.807, 2.05) is 13.8 Å². The SMILES string of the molecule is CC(=O)SC[C@@H](C)C(=O)O[C@H]1c2cc(C#N)ccc2OC(C)(C)[C@@H]1Br. The number of carbonyl (C=O) groups excluding carboxylic acids is 2. The van der Waals surface area contributed by atoms with Crippen LogP contribution in [0.4, 0.5) is 0 Å². The van der Waals surface area contributed by atoms with Crippen LogP contribution in [0, 0.1) is 17.2 Å². The van der Waals surface area contributed by atoms with Gasteiger partial charge in [-0.15, -0.1) is 0 Å². The quantitative estimate of drug-likeness (QED) is 0.535. The molecule has 0 amide bonds. The van der Waals surface area contributed by atoms with Gasteiger partial charge < -0.3 is 9.47 Å². The third-order valence-electron chi connectivity index (χ3n) is 3.93. The second-order valence-electron chi connectivity index (χ2n) is 6.53. The van der Waals surface area contributed by atoms with Crippen molar-refractivity contribution in [2.24, 2.45) is 5.92 Å². The van der Waals surface area contributed by atoms with Crippen molar-refractivity contribution < 1.29 is 19.1 Å².